The average molecular weight is 387 g/mol. The Morgan fingerprint density at radius 2 is 1.62 bits per heavy atom. The van der Waals surface area contributed by atoms with Crippen molar-refractivity contribution in [2.75, 3.05) is 0 Å². The molecule has 1 unspecified atom stereocenters. The maximum absolute atomic E-state index is 13.1. The van der Waals surface area contributed by atoms with E-state index in [1.807, 2.05) is 25.1 Å². The Bertz CT molecular complexity index is 891. The van der Waals surface area contributed by atoms with Crippen LogP contribution in [0, 0.1) is 0 Å². The molecule has 2 nitrogen and oxygen atoms in total. The Morgan fingerprint density at radius 3 is 2.23 bits per heavy atom. The summed E-state index contributed by atoms with van der Waals surface area (Å²) in [5.74, 6) is 0. The lowest BCUT2D eigenvalue weighted by molar-refractivity contribution is 0.594. The summed E-state index contributed by atoms with van der Waals surface area (Å²) in [6.07, 6.45) is 5.22. The molecule has 4 heteroatoms. The topological polar surface area (TPSA) is 34.1 Å². The molecular weight excluding hydrogens is 360 g/mol. The molecule has 0 bridgehead atoms. The SMILES string of the molecule is C/C=C(\C)CC(C=C(C)C)Sc1ccccc1S(=O)(=O)c1ccccc1. The summed E-state index contributed by atoms with van der Waals surface area (Å²) in [6, 6.07) is 15.9. The number of sulfone groups is 1. The zero-order valence-electron chi connectivity index (χ0n) is 15.8. The minimum absolute atomic E-state index is 0.198. The Labute approximate surface area is 162 Å². The fourth-order valence-electron chi connectivity index (χ4n) is 2.60. The van der Waals surface area contributed by atoms with Gasteiger partial charge in [-0.05, 0) is 58.4 Å². The minimum atomic E-state index is -3.53. The summed E-state index contributed by atoms with van der Waals surface area (Å²) >= 11 is 1.61. The van der Waals surface area contributed by atoms with E-state index >= 15 is 0 Å². The first-order chi connectivity index (χ1) is 12.3. The fraction of sp³-hybridized carbons (Fsp3) is 0.273. The lowest BCUT2D eigenvalue weighted by Gasteiger charge is -2.17. The summed E-state index contributed by atoms with van der Waals surface area (Å²) in [6.45, 7) is 8.29. The van der Waals surface area contributed by atoms with Gasteiger partial charge in [0.25, 0.3) is 0 Å². The standard InChI is InChI=1S/C22H26O2S2/c1-5-18(4)16-19(15-17(2)3)25-21-13-9-10-14-22(21)26(23,24)20-11-7-6-8-12-20/h5-15,19H,16H2,1-4H3/b18-5+. The lowest BCUT2D eigenvalue weighted by atomic mass is 10.1. The largest absolute Gasteiger partial charge is 0.218 e. The second kappa shape index (κ2) is 9.24. The van der Waals surface area contributed by atoms with Crippen LogP contribution in [0.2, 0.25) is 0 Å². The molecule has 0 aliphatic rings. The molecule has 26 heavy (non-hydrogen) atoms. The van der Waals surface area contributed by atoms with Gasteiger partial charge in [0.05, 0.1) is 9.79 Å². The van der Waals surface area contributed by atoms with Crippen LogP contribution in [-0.2, 0) is 9.84 Å². The highest BCUT2D eigenvalue weighted by atomic mass is 32.2. The average Bonchev–Trinajstić information content (AvgIpc) is 2.62. The third kappa shape index (κ3) is 5.36. The van der Waals surface area contributed by atoms with Crippen LogP contribution >= 0.6 is 11.8 Å². The molecule has 0 N–H and O–H groups in total. The maximum Gasteiger partial charge on any atom is 0.207 e. The van der Waals surface area contributed by atoms with Gasteiger partial charge in [0.15, 0.2) is 0 Å². The van der Waals surface area contributed by atoms with E-state index in [1.54, 1.807) is 48.2 Å². The highest BCUT2D eigenvalue weighted by molar-refractivity contribution is 8.01. The molecule has 138 valence electrons. The van der Waals surface area contributed by atoms with Crippen molar-refractivity contribution in [2.45, 2.75) is 54.1 Å². The molecule has 0 saturated carbocycles. The number of rotatable bonds is 7. The predicted octanol–water partition coefficient (Wildman–Crippen LogP) is 6.30. The van der Waals surface area contributed by atoms with Gasteiger partial charge < -0.3 is 0 Å². The van der Waals surface area contributed by atoms with Gasteiger partial charge in [0.2, 0.25) is 9.84 Å². The molecule has 1 atom stereocenters. The van der Waals surface area contributed by atoms with Crippen LogP contribution in [0.1, 0.15) is 34.1 Å². The summed E-state index contributed by atoms with van der Waals surface area (Å²) in [5.41, 5.74) is 2.53. The predicted molar refractivity (Wildman–Crippen MR) is 111 cm³/mol. The smallest absolute Gasteiger partial charge is 0.207 e. The van der Waals surface area contributed by atoms with Crippen LogP contribution in [0.5, 0.6) is 0 Å². The lowest BCUT2D eigenvalue weighted by Crippen LogP contribution is -2.06. The number of hydrogen-bond acceptors (Lipinski definition) is 3. The molecule has 0 saturated heterocycles. The quantitative estimate of drug-likeness (QED) is 0.413. The molecule has 0 amide bonds. The molecule has 2 rings (SSSR count). The number of thioether (sulfide) groups is 1. The van der Waals surface area contributed by atoms with Crippen molar-refractivity contribution in [3.05, 3.63) is 77.9 Å². The summed E-state index contributed by atoms with van der Waals surface area (Å²) in [4.78, 5) is 1.50. The third-order valence-electron chi connectivity index (χ3n) is 4.01. The highest BCUT2D eigenvalue weighted by Gasteiger charge is 2.22. The van der Waals surface area contributed by atoms with E-state index in [4.69, 9.17) is 0 Å². The van der Waals surface area contributed by atoms with Gasteiger partial charge in [0.1, 0.15) is 0 Å². The van der Waals surface area contributed by atoms with Crippen molar-refractivity contribution < 1.29 is 8.42 Å². The van der Waals surface area contributed by atoms with Crippen LogP contribution in [0.4, 0.5) is 0 Å². The van der Waals surface area contributed by atoms with Gasteiger partial charge in [-0.1, -0.05) is 53.6 Å². The minimum Gasteiger partial charge on any atom is -0.218 e. The van der Waals surface area contributed by atoms with Gasteiger partial charge in [-0.15, -0.1) is 11.8 Å². The molecule has 0 spiro atoms. The second-order valence-corrected chi connectivity index (χ2v) is 9.70. The molecule has 2 aromatic rings. The zero-order chi connectivity index (χ0) is 19.2. The molecule has 0 aliphatic carbocycles. The Kier molecular flexibility index (Phi) is 7.30. The van der Waals surface area contributed by atoms with Gasteiger partial charge >= 0.3 is 0 Å². The molecule has 0 aromatic heterocycles. The highest BCUT2D eigenvalue weighted by Crippen LogP contribution is 2.35. The molecule has 2 aromatic carbocycles. The van der Waals surface area contributed by atoms with Crippen molar-refractivity contribution in [1.29, 1.82) is 0 Å². The van der Waals surface area contributed by atoms with Gasteiger partial charge in [-0.25, -0.2) is 8.42 Å². The van der Waals surface area contributed by atoms with Crippen molar-refractivity contribution in [3.8, 4) is 0 Å². The van der Waals surface area contributed by atoms with Crippen molar-refractivity contribution in [1.82, 2.24) is 0 Å². The Morgan fingerprint density at radius 1 is 1.00 bits per heavy atom. The van der Waals surface area contributed by atoms with Crippen LogP contribution in [0.15, 0.2) is 92.6 Å². The third-order valence-corrected chi connectivity index (χ3v) is 7.18. The van der Waals surface area contributed by atoms with Crippen LogP contribution in [0.3, 0.4) is 0 Å². The number of benzene rings is 2. The fourth-order valence-corrected chi connectivity index (χ4v) is 5.79. The molecule has 0 fully saturated rings. The van der Waals surface area contributed by atoms with Crippen LogP contribution in [-0.4, -0.2) is 13.7 Å². The molecular formula is C22H26O2S2. The summed E-state index contributed by atoms with van der Waals surface area (Å²) in [7, 11) is -3.53. The van der Waals surface area contributed by atoms with E-state index in [2.05, 4.69) is 32.9 Å². The van der Waals surface area contributed by atoms with E-state index in [1.165, 1.54) is 11.1 Å². The van der Waals surface area contributed by atoms with E-state index in [0.717, 1.165) is 11.3 Å². The monoisotopic (exact) mass is 386 g/mol. The first-order valence-corrected chi connectivity index (χ1v) is 11.0. The molecule has 0 heterocycles. The number of hydrogen-bond donors (Lipinski definition) is 0. The Hall–Kier alpha value is -1.78. The maximum atomic E-state index is 13.1. The normalized spacial score (nSPS) is 13.3. The van der Waals surface area contributed by atoms with Gasteiger partial charge in [0, 0.05) is 10.1 Å². The van der Waals surface area contributed by atoms with Crippen LogP contribution < -0.4 is 0 Å². The molecule has 0 aliphatic heterocycles. The van der Waals surface area contributed by atoms with Gasteiger partial charge in [-0.3, -0.25) is 0 Å². The van der Waals surface area contributed by atoms with E-state index in [-0.39, 0.29) is 5.25 Å². The zero-order valence-corrected chi connectivity index (χ0v) is 17.4. The summed E-state index contributed by atoms with van der Waals surface area (Å²) < 4.78 is 26.2. The van der Waals surface area contributed by atoms with Crippen molar-refractivity contribution in [2.24, 2.45) is 0 Å². The van der Waals surface area contributed by atoms with Gasteiger partial charge in [-0.2, -0.15) is 0 Å². The van der Waals surface area contributed by atoms with Crippen molar-refractivity contribution in [3.63, 3.8) is 0 Å². The van der Waals surface area contributed by atoms with Crippen molar-refractivity contribution >= 4 is 21.6 Å². The number of allylic oxidation sites excluding steroid dienone is 3. The van der Waals surface area contributed by atoms with E-state index in [9.17, 15) is 8.42 Å². The van der Waals surface area contributed by atoms with E-state index < -0.39 is 9.84 Å². The van der Waals surface area contributed by atoms with E-state index in [0.29, 0.717) is 9.79 Å². The first-order valence-electron chi connectivity index (χ1n) is 8.67. The Balaban J connectivity index is 2.43. The first kappa shape index (κ1) is 20.5. The van der Waals surface area contributed by atoms with Crippen LogP contribution in [0.25, 0.3) is 0 Å². The second-order valence-electron chi connectivity index (χ2n) is 6.50. The summed E-state index contributed by atoms with van der Waals surface area (Å²) in [5, 5.41) is 0.198. The molecule has 0 radical (unpaired) electrons.